The maximum atomic E-state index is 5.86. The zero-order valence-electron chi connectivity index (χ0n) is 9.66. The van der Waals surface area contributed by atoms with E-state index in [0.717, 1.165) is 44.1 Å². The zero-order chi connectivity index (χ0) is 11.0. The van der Waals surface area contributed by atoms with Crippen molar-refractivity contribution < 1.29 is 9.15 Å². The lowest BCUT2D eigenvalue weighted by Crippen LogP contribution is -2.19. The molecule has 3 heterocycles. The molecule has 0 aliphatic carbocycles. The molecule has 2 fully saturated rings. The molecule has 0 bridgehead atoms. The molecule has 2 aliphatic rings. The molecule has 0 saturated carbocycles. The third-order valence-corrected chi connectivity index (χ3v) is 3.62. The summed E-state index contributed by atoms with van der Waals surface area (Å²) < 4.78 is 11.6. The Bertz CT molecular complexity index is 363. The Balaban J connectivity index is 1.81. The van der Waals surface area contributed by atoms with Crippen LogP contribution in [-0.2, 0) is 10.3 Å². The number of rotatable bonds is 2. The van der Waals surface area contributed by atoms with Crippen LogP contribution in [0.25, 0.3) is 0 Å². The summed E-state index contributed by atoms with van der Waals surface area (Å²) in [6.07, 6.45) is 6.29. The highest BCUT2D eigenvalue weighted by Crippen LogP contribution is 2.37. The van der Waals surface area contributed by atoms with E-state index in [1.165, 1.54) is 6.42 Å². The molecular formula is C12H18N2O2. The Morgan fingerprint density at radius 1 is 1.50 bits per heavy atom. The van der Waals surface area contributed by atoms with Crippen molar-refractivity contribution in [3.8, 4) is 0 Å². The lowest BCUT2D eigenvalue weighted by molar-refractivity contribution is -0.00198. The molecule has 3 rings (SSSR count). The Hall–Kier alpha value is -0.870. The summed E-state index contributed by atoms with van der Waals surface area (Å²) in [5, 5.41) is 3.39. The molecule has 16 heavy (non-hydrogen) atoms. The van der Waals surface area contributed by atoms with Gasteiger partial charge in [-0.05, 0) is 39.2 Å². The quantitative estimate of drug-likeness (QED) is 0.832. The lowest BCUT2D eigenvalue weighted by Gasteiger charge is -2.19. The predicted molar refractivity (Wildman–Crippen MR) is 59.0 cm³/mol. The van der Waals surface area contributed by atoms with Crippen LogP contribution in [0.5, 0.6) is 0 Å². The van der Waals surface area contributed by atoms with Crippen molar-refractivity contribution in [1.29, 1.82) is 0 Å². The summed E-state index contributed by atoms with van der Waals surface area (Å²) >= 11 is 0. The molecule has 0 aromatic carbocycles. The first-order valence-electron chi connectivity index (χ1n) is 6.11. The number of ether oxygens (including phenoxy) is 1. The average Bonchev–Trinajstić information content (AvgIpc) is 2.98. The molecule has 4 heteroatoms. The van der Waals surface area contributed by atoms with Crippen molar-refractivity contribution in [1.82, 2.24) is 10.3 Å². The van der Waals surface area contributed by atoms with Crippen LogP contribution in [0.3, 0.4) is 0 Å². The monoisotopic (exact) mass is 222 g/mol. The van der Waals surface area contributed by atoms with E-state index in [1.54, 1.807) is 0 Å². The van der Waals surface area contributed by atoms with Gasteiger partial charge in [0.15, 0.2) is 5.76 Å². The second-order valence-electron chi connectivity index (χ2n) is 4.89. The minimum Gasteiger partial charge on any atom is -0.441 e. The standard InChI is InChI=1S/C12H18N2O2/c1-12(5-3-7-15-12)10-8-14-11(16-10)9-4-2-6-13-9/h8-9,13H,2-7H2,1H3. The molecule has 1 N–H and O–H groups in total. The summed E-state index contributed by atoms with van der Waals surface area (Å²) in [4.78, 5) is 4.38. The van der Waals surface area contributed by atoms with E-state index in [4.69, 9.17) is 9.15 Å². The topological polar surface area (TPSA) is 47.3 Å². The minimum absolute atomic E-state index is 0.246. The lowest BCUT2D eigenvalue weighted by atomic mass is 10.0. The number of oxazole rings is 1. The highest BCUT2D eigenvalue weighted by Gasteiger charge is 2.36. The molecule has 0 radical (unpaired) electrons. The average molecular weight is 222 g/mol. The van der Waals surface area contributed by atoms with Crippen LogP contribution in [-0.4, -0.2) is 18.1 Å². The van der Waals surface area contributed by atoms with Gasteiger partial charge in [-0.25, -0.2) is 4.98 Å². The van der Waals surface area contributed by atoms with E-state index in [9.17, 15) is 0 Å². The fourth-order valence-corrected chi connectivity index (χ4v) is 2.56. The first kappa shape index (κ1) is 10.3. The fourth-order valence-electron chi connectivity index (χ4n) is 2.56. The highest BCUT2D eigenvalue weighted by atomic mass is 16.5. The van der Waals surface area contributed by atoms with E-state index in [0.29, 0.717) is 6.04 Å². The van der Waals surface area contributed by atoms with Gasteiger partial charge >= 0.3 is 0 Å². The predicted octanol–water partition coefficient (Wildman–Crippen LogP) is 2.12. The van der Waals surface area contributed by atoms with E-state index in [2.05, 4.69) is 17.2 Å². The van der Waals surface area contributed by atoms with Gasteiger partial charge < -0.3 is 14.5 Å². The number of nitrogens with one attached hydrogen (secondary N) is 1. The third kappa shape index (κ3) is 1.66. The van der Waals surface area contributed by atoms with Crippen LogP contribution in [0.15, 0.2) is 10.6 Å². The Morgan fingerprint density at radius 3 is 3.12 bits per heavy atom. The van der Waals surface area contributed by atoms with Crippen LogP contribution in [0, 0.1) is 0 Å². The first-order chi connectivity index (χ1) is 7.78. The van der Waals surface area contributed by atoms with Crippen molar-refractivity contribution in [2.75, 3.05) is 13.2 Å². The number of aromatic nitrogens is 1. The van der Waals surface area contributed by atoms with E-state index in [-0.39, 0.29) is 5.60 Å². The van der Waals surface area contributed by atoms with Gasteiger partial charge in [-0.3, -0.25) is 0 Å². The van der Waals surface area contributed by atoms with Crippen LogP contribution < -0.4 is 5.32 Å². The van der Waals surface area contributed by atoms with Crippen LogP contribution in [0.1, 0.15) is 50.3 Å². The summed E-state index contributed by atoms with van der Waals surface area (Å²) in [7, 11) is 0. The van der Waals surface area contributed by atoms with Gasteiger partial charge in [0, 0.05) is 6.61 Å². The van der Waals surface area contributed by atoms with Gasteiger partial charge in [0.2, 0.25) is 5.89 Å². The van der Waals surface area contributed by atoms with Crippen molar-refractivity contribution >= 4 is 0 Å². The van der Waals surface area contributed by atoms with Gasteiger partial charge in [0.05, 0.1) is 12.2 Å². The molecule has 2 atom stereocenters. The molecule has 0 spiro atoms. The highest BCUT2D eigenvalue weighted by molar-refractivity contribution is 5.09. The summed E-state index contributed by atoms with van der Waals surface area (Å²) in [5.41, 5.74) is -0.246. The van der Waals surface area contributed by atoms with Crippen molar-refractivity contribution in [2.45, 2.75) is 44.2 Å². The van der Waals surface area contributed by atoms with Crippen molar-refractivity contribution in [3.05, 3.63) is 17.8 Å². The summed E-state index contributed by atoms with van der Waals surface area (Å²) in [6, 6.07) is 0.304. The molecule has 1 aromatic heterocycles. The third-order valence-electron chi connectivity index (χ3n) is 3.62. The second-order valence-corrected chi connectivity index (χ2v) is 4.89. The van der Waals surface area contributed by atoms with Gasteiger partial charge in [-0.15, -0.1) is 0 Å². The largest absolute Gasteiger partial charge is 0.441 e. The zero-order valence-corrected chi connectivity index (χ0v) is 9.66. The van der Waals surface area contributed by atoms with Gasteiger partial charge in [-0.2, -0.15) is 0 Å². The minimum atomic E-state index is -0.246. The van der Waals surface area contributed by atoms with E-state index < -0.39 is 0 Å². The fraction of sp³-hybridized carbons (Fsp3) is 0.750. The number of hydrogen-bond acceptors (Lipinski definition) is 4. The Kier molecular flexibility index (Phi) is 2.48. The van der Waals surface area contributed by atoms with E-state index in [1.807, 2.05) is 6.20 Å². The molecule has 0 amide bonds. The summed E-state index contributed by atoms with van der Waals surface area (Å²) in [5.74, 6) is 1.71. The molecular weight excluding hydrogens is 204 g/mol. The van der Waals surface area contributed by atoms with Gasteiger partial charge in [0.25, 0.3) is 0 Å². The molecule has 2 saturated heterocycles. The SMILES string of the molecule is CC1(c2cnc(C3CCCN3)o2)CCCO1. The summed E-state index contributed by atoms with van der Waals surface area (Å²) in [6.45, 7) is 3.98. The maximum Gasteiger partial charge on any atom is 0.211 e. The van der Waals surface area contributed by atoms with Crippen molar-refractivity contribution in [2.24, 2.45) is 0 Å². The van der Waals surface area contributed by atoms with Crippen molar-refractivity contribution in [3.63, 3.8) is 0 Å². The molecule has 2 unspecified atom stereocenters. The maximum absolute atomic E-state index is 5.86. The number of hydrogen-bond donors (Lipinski definition) is 1. The Morgan fingerprint density at radius 2 is 2.44 bits per heavy atom. The molecule has 1 aromatic rings. The molecule has 2 aliphatic heterocycles. The van der Waals surface area contributed by atoms with Crippen LogP contribution in [0.4, 0.5) is 0 Å². The first-order valence-corrected chi connectivity index (χ1v) is 6.11. The van der Waals surface area contributed by atoms with Crippen LogP contribution in [0.2, 0.25) is 0 Å². The smallest absolute Gasteiger partial charge is 0.211 e. The molecule has 4 nitrogen and oxygen atoms in total. The van der Waals surface area contributed by atoms with Gasteiger partial charge in [-0.1, -0.05) is 0 Å². The normalized spacial score (nSPS) is 34.7. The van der Waals surface area contributed by atoms with E-state index >= 15 is 0 Å². The van der Waals surface area contributed by atoms with Crippen LogP contribution >= 0.6 is 0 Å². The number of nitrogens with zero attached hydrogens (tertiary/aromatic N) is 1. The molecule has 88 valence electrons. The second kappa shape index (κ2) is 3.86. The van der Waals surface area contributed by atoms with Gasteiger partial charge in [0.1, 0.15) is 5.60 Å². The Labute approximate surface area is 95.4 Å².